The van der Waals surface area contributed by atoms with Gasteiger partial charge in [0.25, 0.3) is 0 Å². The van der Waals surface area contributed by atoms with E-state index in [1.807, 2.05) is 23.5 Å². The normalized spacial score (nSPS) is 19.8. The molecule has 1 aliphatic rings. The van der Waals surface area contributed by atoms with Gasteiger partial charge in [0.2, 0.25) is 0 Å². The molecule has 2 nitrogen and oxygen atoms in total. The molecule has 1 aliphatic heterocycles. The molecule has 0 amide bonds. The third-order valence-corrected chi connectivity index (χ3v) is 4.00. The first-order valence-electron chi connectivity index (χ1n) is 4.97. The molecule has 0 aromatic carbocycles. The van der Waals surface area contributed by atoms with Crippen LogP contribution in [0.25, 0.3) is 0 Å². The first kappa shape index (κ1) is 11.7. The van der Waals surface area contributed by atoms with E-state index < -0.39 is 0 Å². The molecule has 1 saturated heterocycles. The highest BCUT2D eigenvalue weighted by molar-refractivity contribution is 7.99. The fourth-order valence-corrected chi connectivity index (χ4v) is 2.66. The molecular formula is C9H20N2S2. The average molecular weight is 220 g/mol. The summed E-state index contributed by atoms with van der Waals surface area (Å²) in [5.41, 5.74) is 0. The third kappa shape index (κ3) is 4.58. The van der Waals surface area contributed by atoms with Crippen molar-refractivity contribution in [3.8, 4) is 0 Å². The van der Waals surface area contributed by atoms with Crippen LogP contribution >= 0.6 is 23.5 Å². The van der Waals surface area contributed by atoms with E-state index in [1.54, 1.807) is 0 Å². The summed E-state index contributed by atoms with van der Waals surface area (Å²) in [7, 11) is 0. The van der Waals surface area contributed by atoms with Crippen LogP contribution in [-0.4, -0.2) is 52.8 Å². The van der Waals surface area contributed by atoms with Crippen LogP contribution in [0.4, 0.5) is 0 Å². The van der Waals surface area contributed by atoms with Crippen LogP contribution in [0.5, 0.6) is 0 Å². The summed E-state index contributed by atoms with van der Waals surface area (Å²) >= 11 is 4.05. The minimum atomic E-state index is 1.18. The van der Waals surface area contributed by atoms with Crippen molar-refractivity contribution in [2.45, 2.75) is 13.8 Å². The predicted molar refractivity (Wildman–Crippen MR) is 64.3 cm³/mol. The van der Waals surface area contributed by atoms with Crippen molar-refractivity contribution < 1.29 is 0 Å². The second-order valence-electron chi connectivity index (χ2n) is 3.17. The largest absolute Gasteiger partial charge is 0.280 e. The maximum atomic E-state index is 2.53. The van der Waals surface area contributed by atoms with Gasteiger partial charge in [-0.15, -0.1) is 23.5 Å². The number of nitrogens with zero attached hydrogens (tertiary/aromatic N) is 2. The molecule has 0 unspecified atom stereocenters. The zero-order chi connectivity index (χ0) is 9.52. The van der Waals surface area contributed by atoms with Crippen LogP contribution in [0, 0.1) is 0 Å². The molecule has 0 aromatic heterocycles. The van der Waals surface area contributed by atoms with Gasteiger partial charge in [0.15, 0.2) is 0 Å². The van der Waals surface area contributed by atoms with E-state index in [-0.39, 0.29) is 0 Å². The van der Waals surface area contributed by atoms with E-state index in [9.17, 15) is 0 Å². The monoisotopic (exact) mass is 220 g/mol. The molecule has 0 aromatic rings. The molecule has 0 atom stereocenters. The molecule has 0 aliphatic carbocycles. The zero-order valence-corrected chi connectivity index (χ0v) is 10.3. The molecule has 1 fully saturated rings. The fraction of sp³-hybridized carbons (Fsp3) is 1.00. The van der Waals surface area contributed by atoms with Crippen LogP contribution in [0.2, 0.25) is 0 Å². The molecule has 1 rings (SSSR count). The quantitative estimate of drug-likeness (QED) is 0.675. The van der Waals surface area contributed by atoms with Crippen molar-refractivity contribution in [2.24, 2.45) is 0 Å². The highest BCUT2D eigenvalue weighted by Crippen LogP contribution is 2.12. The molecule has 13 heavy (non-hydrogen) atoms. The van der Waals surface area contributed by atoms with Gasteiger partial charge in [0.05, 0.1) is 6.67 Å². The van der Waals surface area contributed by atoms with Crippen molar-refractivity contribution in [1.82, 2.24) is 9.80 Å². The molecular weight excluding hydrogens is 200 g/mol. The van der Waals surface area contributed by atoms with Gasteiger partial charge in [-0.3, -0.25) is 9.80 Å². The van der Waals surface area contributed by atoms with Crippen molar-refractivity contribution >= 4 is 23.5 Å². The summed E-state index contributed by atoms with van der Waals surface area (Å²) < 4.78 is 0. The van der Waals surface area contributed by atoms with Gasteiger partial charge >= 0.3 is 0 Å². The zero-order valence-electron chi connectivity index (χ0n) is 8.66. The predicted octanol–water partition coefficient (Wildman–Crippen LogP) is 1.98. The minimum Gasteiger partial charge on any atom is -0.280 e. The molecule has 78 valence electrons. The molecule has 0 radical (unpaired) electrons. The molecule has 0 bridgehead atoms. The Hall–Kier alpha value is 0.620. The second-order valence-corrected chi connectivity index (χ2v) is 5.66. The summed E-state index contributed by atoms with van der Waals surface area (Å²) in [6, 6.07) is 0. The number of hydrogen-bond acceptors (Lipinski definition) is 4. The van der Waals surface area contributed by atoms with Crippen LogP contribution in [0.3, 0.4) is 0 Å². The average Bonchev–Trinajstić information content (AvgIpc) is 2.59. The van der Waals surface area contributed by atoms with Crippen LogP contribution in [0.15, 0.2) is 0 Å². The Morgan fingerprint density at radius 1 is 0.923 bits per heavy atom. The summed E-state index contributed by atoms with van der Waals surface area (Å²) in [4.78, 5) is 5.06. The van der Waals surface area contributed by atoms with Gasteiger partial charge in [-0.2, -0.15) is 0 Å². The Kier molecular flexibility index (Phi) is 6.28. The molecule has 0 saturated carbocycles. The topological polar surface area (TPSA) is 6.48 Å². The van der Waals surface area contributed by atoms with Crippen LogP contribution < -0.4 is 0 Å². The Morgan fingerprint density at radius 3 is 1.77 bits per heavy atom. The standard InChI is InChI=1S/C9H20N2S2/c1-3-12-8-10-5-6-11(7-10)9-13-4-2/h3-9H2,1-2H3. The number of thioether (sulfide) groups is 2. The number of rotatable bonds is 6. The van der Waals surface area contributed by atoms with Crippen molar-refractivity contribution in [2.75, 3.05) is 43.0 Å². The third-order valence-electron chi connectivity index (χ3n) is 2.09. The van der Waals surface area contributed by atoms with E-state index >= 15 is 0 Å². The van der Waals surface area contributed by atoms with E-state index in [0.29, 0.717) is 0 Å². The first-order chi connectivity index (χ1) is 6.36. The maximum Gasteiger partial charge on any atom is 0.0522 e. The minimum absolute atomic E-state index is 1.18. The molecule has 0 spiro atoms. The highest BCUT2D eigenvalue weighted by atomic mass is 32.2. The van der Waals surface area contributed by atoms with Gasteiger partial charge in [-0.05, 0) is 11.5 Å². The Morgan fingerprint density at radius 2 is 1.38 bits per heavy atom. The second kappa shape index (κ2) is 6.98. The lowest BCUT2D eigenvalue weighted by atomic mass is 10.6. The van der Waals surface area contributed by atoms with Crippen molar-refractivity contribution in [3.63, 3.8) is 0 Å². The fourth-order valence-electron chi connectivity index (χ4n) is 1.36. The van der Waals surface area contributed by atoms with Gasteiger partial charge in [-0.1, -0.05) is 13.8 Å². The Labute approximate surface area is 90.4 Å². The summed E-state index contributed by atoms with van der Waals surface area (Å²) in [5, 5.41) is 0. The summed E-state index contributed by atoms with van der Waals surface area (Å²) in [5.74, 6) is 4.90. The van der Waals surface area contributed by atoms with Gasteiger partial charge in [-0.25, -0.2) is 0 Å². The van der Waals surface area contributed by atoms with Crippen molar-refractivity contribution in [1.29, 1.82) is 0 Å². The first-order valence-corrected chi connectivity index (χ1v) is 7.28. The summed E-state index contributed by atoms with van der Waals surface area (Å²) in [6.45, 7) is 8.16. The lowest BCUT2D eigenvalue weighted by Gasteiger charge is -2.16. The van der Waals surface area contributed by atoms with Crippen LogP contribution in [0.1, 0.15) is 13.8 Å². The van der Waals surface area contributed by atoms with Crippen molar-refractivity contribution in [3.05, 3.63) is 0 Å². The SMILES string of the molecule is CCSCN1CCN(CSCC)C1. The maximum absolute atomic E-state index is 2.53. The van der Waals surface area contributed by atoms with E-state index in [4.69, 9.17) is 0 Å². The van der Waals surface area contributed by atoms with Crippen LogP contribution in [-0.2, 0) is 0 Å². The molecule has 4 heteroatoms. The summed E-state index contributed by atoms with van der Waals surface area (Å²) in [6.07, 6.45) is 0. The molecule has 0 N–H and O–H groups in total. The lowest BCUT2D eigenvalue weighted by Crippen LogP contribution is -2.25. The Balaban J connectivity index is 2.05. The number of hydrogen-bond donors (Lipinski definition) is 0. The van der Waals surface area contributed by atoms with Gasteiger partial charge < -0.3 is 0 Å². The van der Waals surface area contributed by atoms with E-state index in [0.717, 1.165) is 0 Å². The van der Waals surface area contributed by atoms with Gasteiger partial charge in [0.1, 0.15) is 0 Å². The highest BCUT2D eigenvalue weighted by Gasteiger charge is 2.18. The smallest absolute Gasteiger partial charge is 0.0522 e. The molecule has 1 heterocycles. The van der Waals surface area contributed by atoms with Gasteiger partial charge in [0, 0.05) is 24.8 Å². The Bertz CT molecular complexity index is 119. The lowest BCUT2D eigenvalue weighted by molar-refractivity contribution is 0.301. The van der Waals surface area contributed by atoms with E-state index in [1.165, 1.54) is 43.0 Å². The van der Waals surface area contributed by atoms with E-state index in [2.05, 4.69) is 23.6 Å².